The average Bonchev–Trinajstić information content (AvgIpc) is 3.57. The third kappa shape index (κ3) is 2.44. The minimum absolute atomic E-state index is 0.111. The summed E-state index contributed by atoms with van der Waals surface area (Å²) in [6.45, 7) is 0.351. The van der Waals surface area contributed by atoms with Crippen molar-refractivity contribution in [3.63, 3.8) is 0 Å². The van der Waals surface area contributed by atoms with Gasteiger partial charge in [-0.15, -0.1) is 0 Å². The van der Waals surface area contributed by atoms with Crippen LogP contribution in [-0.4, -0.2) is 39.7 Å². The zero-order chi connectivity index (χ0) is 21.4. The highest BCUT2D eigenvalue weighted by atomic mass is 19.1. The molecule has 1 aliphatic heterocycles. The van der Waals surface area contributed by atoms with Gasteiger partial charge < -0.3 is 5.32 Å². The van der Waals surface area contributed by atoms with Crippen molar-refractivity contribution in [3.8, 4) is 0 Å². The fourth-order valence-corrected chi connectivity index (χ4v) is 5.25. The first kappa shape index (κ1) is 18.2. The topological polar surface area (TPSA) is 80.1 Å². The molecule has 31 heavy (non-hydrogen) atoms. The summed E-state index contributed by atoms with van der Waals surface area (Å²) in [4.78, 5) is 32.1. The van der Waals surface area contributed by atoms with Crippen molar-refractivity contribution in [1.29, 1.82) is 0 Å². The molecule has 0 bridgehead atoms. The summed E-state index contributed by atoms with van der Waals surface area (Å²) in [5.41, 5.74) is 1.30. The lowest BCUT2D eigenvalue weighted by Crippen LogP contribution is -2.50. The van der Waals surface area contributed by atoms with E-state index in [0.717, 1.165) is 24.0 Å². The molecule has 1 atom stereocenters. The minimum Gasteiger partial charge on any atom is -0.338 e. The Morgan fingerprint density at radius 1 is 1.23 bits per heavy atom. The molecular formula is C23H20FN5O2. The number of rotatable bonds is 4. The zero-order valence-corrected chi connectivity index (χ0v) is 16.9. The average molecular weight is 417 g/mol. The lowest BCUT2D eigenvalue weighted by molar-refractivity contribution is -0.121. The number of likely N-dealkylation sites (N-methyl/N-ethyl adjacent to an activating group) is 1. The van der Waals surface area contributed by atoms with Crippen LogP contribution in [0.25, 0.3) is 0 Å². The molecule has 3 aliphatic rings. The van der Waals surface area contributed by atoms with Gasteiger partial charge in [0.25, 0.3) is 11.8 Å². The number of carbonyl (C=O) groups excluding carboxylic acids is 2. The monoisotopic (exact) mass is 417 g/mol. The van der Waals surface area contributed by atoms with Gasteiger partial charge in [-0.25, -0.2) is 9.37 Å². The number of amides is 2. The van der Waals surface area contributed by atoms with Gasteiger partial charge in [0.05, 0.1) is 12.7 Å². The van der Waals surface area contributed by atoms with Crippen molar-refractivity contribution in [3.05, 3.63) is 77.5 Å². The third-order valence-electron chi connectivity index (χ3n) is 7.08. The van der Waals surface area contributed by atoms with Gasteiger partial charge in [-0.1, -0.05) is 36.4 Å². The first-order valence-electron chi connectivity index (χ1n) is 10.3. The molecule has 2 amide bonds. The van der Waals surface area contributed by atoms with Crippen LogP contribution in [0.2, 0.25) is 0 Å². The molecule has 0 radical (unpaired) electrons. The van der Waals surface area contributed by atoms with Crippen LogP contribution in [0.5, 0.6) is 0 Å². The van der Waals surface area contributed by atoms with E-state index in [1.165, 1.54) is 15.8 Å². The second-order valence-corrected chi connectivity index (χ2v) is 8.78. The van der Waals surface area contributed by atoms with Gasteiger partial charge >= 0.3 is 0 Å². The number of hydrogen-bond donors (Lipinski definition) is 1. The van der Waals surface area contributed by atoms with Gasteiger partial charge in [-0.3, -0.25) is 19.2 Å². The van der Waals surface area contributed by atoms with Crippen LogP contribution in [0.3, 0.4) is 0 Å². The highest BCUT2D eigenvalue weighted by molar-refractivity contribution is 6.04. The molecule has 2 fully saturated rings. The zero-order valence-electron chi connectivity index (χ0n) is 16.9. The molecule has 3 aromatic rings. The molecule has 3 heterocycles. The summed E-state index contributed by atoms with van der Waals surface area (Å²) in [5, 5.41) is 6.95. The Balaban J connectivity index is 1.27. The number of nitrogens with one attached hydrogen (secondary N) is 1. The molecule has 0 saturated heterocycles. The molecule has 6 rings (SSSR count). The highest BCUT2D eigenvalue weighted by Gasteiger charge is 2.88. The molecule has 2 aromatic heterocycles. The molecule has 8 heteroatoms. The quantitative estimate of drug-likeness (QED) is 0.706. The van der Waals surface area contributed by atoms with E-state index in [0.29, 0.717) is 12.4 Å². The summed E-state index contributed by atoms with van der Waals surface area (Å²) < 4.78 is 15.9. The van der Waals surface area contributed by atoms with Crippen LogP contribution in [0, 0.1) is 11.2 Å². The number of halogens is 1. The maximum absolute atomic E-state index is 14.5. The van der Waals surface area contributed by atoms with Crippen molar-refractivity contribution >= 4 is 17.6 Å². The molecule has 156 valence electrons. The van der Waals surface area contributed by atoms with E-state index in [4.69, 9.17) is 0 Å². The predicted octanol–water partition coefficient (Wildman–Crippen LogP) is 2.27. The van der Waals surface area contributed by atoms with Crippen LogP contribution >= 0.6 is 0 Å². The van der Waals surface area contributed by atoms with Gasteiger partial charge in [-0.05, 0) is 24.5 Å². The van der Waals surface area contributed by atoms with Crippen molar-refractivity contribution in [2.24, 2.45) is 5.41 Å². The maximum Gasteiger partial charge on any atom is 0.275 e. The van der Waals surface area contributed by atoms with E-state index in [-0.39, 0.29) is 22.4 Å². The van der Waals surface area contributed by atoms with E-state index in [2.05, 4.69) is 15.4 Å². The number of benzene rings is 1. The molecule has 0 unspecified atom stereocenters. The first-order valence-corrected chi connectivity index (χ1v) is 10.3. The number of fused-ring (bicyclic) bond motifs is 1. The Morgan fingerprint density at radius 3 is 2.77 bits per heavy atom. The van der Waals surface area contributed by atoms with Crippen LogP contribution < -0.4 is 10.2 Å². The Kier molecular flexibility index (Phi) is 3.53. The van der Waals surface area contributed by atoms with E-state index >= 15 is 0 Å². The molecule has 0 spiro atoms. The Bertz CT molecular complexity index is 1230. The van der Waals surface area contributed by atoms with Crippen molar-refractivity contribution in [2.75, 3.05) is 11.9 Å². The standard InChI is InChI=1S/C23H20FN5O2/c1-28-19-15(8-5-9-25-19)22-12-23(22,13-22)18(21(28)31)26-20(30)17-16(24)11-29(27-17)10-14-6-3-2-4-7-14/h2-9,11,18H,10,12-13H2,1H3,(H,26,30)/t18-,22?,23?/m1/s1. The normalized spacial score (nSPS) is 27.6. The number of aromatic nitrogens is 3. The molecule has 1 aromatic carbocycles. The molecule has 2 aliphatic carbocycles. The van der Waals surface area contributed by atoms with Crippen LogP contribution in [-0.2, 0) is 16.8 Å². The van der Waals surface area contributed by atoms with E-state index in [1.54, 1.807) is 13.2 Å². The van der Waals surface area contributed by atoms with Gasteiger partial charge in [0.15, 0.2) is 11.5 Å². The lowest BCUT2D eigenvalue weighted by Gasteiger charge is -2.26. The smallest absolute Gasteiger partial charge is 0.275 e. The fraction of sp³-hybridized carbons (Fsp3) is 0.304. The van der Waals surface area contributed by atoms with Gasteiger partial charge in [-0.2, -0.15) is 5.10 Å². The SMILES string of the molecule is CN1C(=O)[C@@H](NC(=O)c2nn(Cc3ccccc3)cc2F)C23CC2(C3)c2cccnc21. The van der Waals surface area contributed by atoms with Gasteiger partial charge in [0, 0.05) is 29.6 Å². The number of anilines is 1. The number of nitrogens with zero attached hydrogens (tertiary/aromatic N) is 4. The fourth-order valence-electron chi connectivity index (χ4n) is 5.25. The number of pyridine rings is 1. The molecule has 2 saturated carbocycles. The molecular weight excluding hydrogens is 397 g/mol. The van der Waals surface area contributed by atoms with E-state index in [9.17, 15) is 14.0 Å². The van der Waals surface area contributed by atoms with Gasteiger partial charge in [0.2, 0.25) is 0 Å². The maximum atomic E-state index is 14.5. The van der Waals surface area contributed by atoms with E-state index < -0.39 is 17.8 Å². The predicted molar refractivity (Wildman–Crippen MR) is 110 cm³/mol. The summed E-state index contributed by atoms with van der Waals surface area (Å²) >= 11 is 0. The number of hydrogen-bond acceptors (Lipinski definition) is 4. The van der Waals surface area contributed by atoms with Crippen LogP contribution in [0.1, 0.15) is 34.5 Å². The highest BCUT2D eigenvalue weighted by Crippen LogP contribution is 2.88. The summed E-state index contributed by atoms with van der Waals surface area (Å²) in [6.07, 6.45) is 4.53. The van der Waals surface area contributed by atoms with Crippen LogP contribution in [0.15, 0.2) is 54.9 Å². The van der Waals surface area contributed by atoms with Gasteiger partial charge in [0.1, 0.15) is 11.9 Å². The Morgan fingerprint density at radius 2 is 2.00 bits per heavy atom. The second kappa shape index (κ2) is 6.00. The summed E-state index contributed by atoms with van der Waals surface area (Å²) in [5.74, 6) is -0.962. The van der Waals surface area contributed by atoms with Crippen molar-refractivity contribution in [2.45, 2.75) is 30.8 Å². The summed E-state index contributed by atoms with van der Waals surface area (Å²) in [6, 6.07) is 12.7. The first-order chi connectivity index (χ1) is 14.9. The third-order valence-corrected chi connectivity index (χ3v) is 7.08. The van der Waals surface area contributed by atoms with Crippen LogP contribution in [0.4, 0.5) is 10.2 Å². The summed E-state index contributed by atoms with van der Waals surface area (Å²) in [7, 11) is 1.67. The van der Waals surface area contributed by atoms with E-state index in [1.807, 2.05) is 42.5 Å². The molecule has 1 N–H and O–H groups in total. The second-order valence-electron chi connectivity index (χ2n) is 8.78. The molecule has 7 nitrogen and oxygen atoms in total. The lowest BCUT2D eigenvalue weighted by atomic mass is 10.0. The minimum atomic E-state index is -0.724. The Hall–Kier alpha value is -3.55. The number of carbonyl (C=O) groups is 2. The van der Waals surface area contributed by atoms with Crippen molar-refractivity contribution in [1.82, 2.24) is 20.1 Å². The Labute approximate surface area is 177 Å². The largest absolute Gasteiger partial charge is 0.338 e. The van der Waals surface area contributed by atoms with Crippen molar-refractivity contribution < 1.29 is 14.0 Å².